The smallest absolute Gasteiger partial charge is 0.172 e. The average molecular weight is 261 g/mol. The number of hydrogen-bond acceptors (Lipinski definition) is 3. The molecule has 1 aromatic heterocycles. The molecule has 0 N–H and O–H groups in total. The normalized spacial score (nSPS) is 10.9. The lowest BCUT2D eigenvalue weighted by molar-refractivity contribution is 0.111. The Hall–Kier alpha value is -2.04. The van der Waals surface area contributed by atoms with Crippen molar-refractivity contribution in [3.05, 3.63) is 35.8 Å². The highest BCUT2D eigenvalue weighted by Gasteiger charge is 2.15. The van der Waals surface area contributed by atoms with Crippen molar-refractivity contribution in [1.82, 2.24) is 15.0 Å². The molecular weight excluding hydrogens is 245 g/mol. The Morgan fingerprint density at radius 2 is 2.21 bits per heavy atom. The molecule has 0 saturated heterocycles. The summed E-state index contributed by atoms with van der Waals surface area (Å²) in [7, 11) is 0. The van der Waals surface area contributed by atoms with Crippen LogP contribution in [0.1, 0.15) is 30.8 Å². The Kier molecular flexibility index (Phi) is 4.04. The van der Waals surface area contributed by atoms with E-state index >= 15 is 0 Å². The Labute approximate surface area is 111 Å². The van der Waals surface area contributed by atoms with Crippen molar-refractivity contribution in [2.24, 2.45) is 5.92 Å². The van der Waals surface area contributed by atoms with Gasteiger partial charge in [0.05, 0.1) is 5.69 Å². The molecule has 2 rings (SSSR count). The van der Waals surface area contributed by atoms with E-state index in [1.165, 1.54) is 12.1 Å². The van der Waals surface area contributed by atoms with Crippen LogP contribution >= 0.6 is 0 Å². The lowest BCUT2D eigenvalue weighted by atomic mass is 10.1. The van der Waals surface area contributed by atoms with E-state index in [4.69, 9.17) is 0 Å². The van der Waals surface area contributed by atoms with Gasteiger partial charge in [0.2, 0.25) is 0 Å². The number of carbonyl (C=O) groups is 1. The predicted molar refractivity (Wildman–Crippen MR) is 70.3 cm³/mol. The van der Waals surface area contributed by atoms with Gasteiger partial charge in [0.1, 0.15) is 5.82 Å². The van der Waals surface area contributed by atoms with Crippen LogP contribution in [0.2, 0.25) is 0 Å². The molecule has 100 valence electrons. The molecule has 0 amide bonds. The molecule has 0 aliphatic rings. The molecule has 0 fully saturated rings. The first-order valence-corrected chi connectivity index (χ1v) is 6.26. The minimum absolute atomic E-state index is 0.245. The largest absolute Gasteiger partial charge is 0.296 e. The molecule has 2 aromatic rings. The zero-order valence-corrected chi connectivity index (χ0v) is 11.0. The van der Waals surface area contributed by atoms with E-state index in [2.05, 4.69) is 24.2 Å². The number of benzene rings is 1. The Morgan fingerprint density at radius 3 is 2.84 bits per heavy atom. The molecule has 0 bridgehead atoms. The van der Waals surface area contributed by atoms with E-state index in [0.717, 1.165) is 6.42 Å². The topological polar surface area (TPSA) is 47.8 Å². The van der Waals surface area contributed by atoms with Gasteiger partial charge in [-0.1, -0.05) is 31.2 Å². The number of aromatic nitrogens is 3. The number of aldehydes is 1. The van der Waals surface area contributed by atoms with Crippen LogP contribution in [0.4, 0.5) is 4.39 Å². The van der Waals surface area contributed by atoms with Gasteiger partial charge in [-0.3, -0.25) is 4.79 Å². The van der Waals surface area contributed by atoms with Gasteiger partial charge in [0.25, 0.3) is 0 Å². The number of rotatable bonds is 5. The molecule has 0 aliphatic carbocycles. The Morgan fingerprint density at radius 1 is 1.42 bits per heavy atom. The third-order valence-corrected chi connectivity index (χ3v) is 2.89. The van der Waals surface area contributed by atoms with E-state index in [0.29, 0.717) is 30.0 Å². The number of carbonyl (C=O) groups excluding carboxylic acids is 1. The maximum atomic E-state index is 13.3. The van der Waals surface area contributed by atoms with Gasteiger partial charge in [-0.25, -0.2) is 9.07 Å². The third-order valence-electron chi connectivity index (χ3n) is 2.89. The maximum Gasteiger partial charge on any atom is 0.172 e. The van der Waals surface area contributed by atoms with E-state index in [1.807, 2.05) is 0 Å². The van der Waals surface area contributed by atoms with Crippen LogP contribution in [-0.4, -0.2) is 21.3 Å². The SMILES string of the molecule is CC(C)CCn1nnc(C=O)c1-c1cccc(F)c1. The Bertz CT molecular complexity index is 578. The minimum Gasteiger partial charge on any atom is -0.296 e. The zero-order valence-electron chi connectivity index (χ0n) is 11.0. The first-order valence-electron chi connectivity index (χ1n) is 6.26. The first kappa shape index (κ1) is 13.4. The average Bonchev–Trinajstić information content (AvgIpc) is 2.79. The van der Waals surface area contributed by atoms with Gasteiger partial charge in [-0.15, -0.1) is 5.10 Å². The fraction of sp³-hybridized carbons (Fsp3) is 0.357. The fourth-order valence-electron chi connectivity index (χ4n) is 1.88. The molecule has 19 heavy (non-hydrogen) atoms. The summed E-state index contributed by atoms with van der Waals surface area (Å²) in [5.74, 6) is 0.176. The molecule has 5 heteroatoms. The molecule has 0 spiro atoms. The summed E-state index contributed by atoms with van der Waals surface area (Å²) in [5, 5.41) is 7.82. The molecular formula is C14H16FN3O. The second-order valence-electron chi connectivity index (χ2n) is 4.86. The summed E-state index contributed by atoms with van der Waals surface area (Å²) in [6.07, 6.45) is 1.57. The van der Waals surface area contributed by atoms with Crippen molar-refractivity contribution in [3.63, 3.8) is 0 Å². The molecule has 0 saturated carbocycles. The number of nitrogens with zero attached hydrogens (tertiary/aromatic N) is 3. The van der Waals surface area contributed by atoms with Crippen LogP contribution in [0.25, 0.3) is 11.3 Å². The molecule has 1 aromatic carbocycles. The number of hydrogen-bond donors (Lipinski definition) is 0. The molecule has 1 heterocycles. The summed E-state index contributed by atoms with van der Waals surface area (Å²) < 4.78 is 15.0. The van der Waals surface area contributed by atoms with Crippen molar-refractivity contribution in [2.75, 3.05) is 0 Å². The van der Waals surface area contributed by atoms with Gasteiger partial charge in [0.15, 0.2) is 12.0 Å². The van der Waals surface area contributed by atoms with Crippen LogP contribution in [0.15, 0.2) is 24.3 Å². The van der Waals surface area contributed by atoms with Crippen LogP contribution < -0.4 is 0 Å². The van der Waals surface area contributed by atoms with Gasteiger partial charge in [-0.05, 0) is 24.5 Å². The first-order chi connectivity index (χ1) is 9.11. The van der Waals surface area contributed by atoms with Gasteiger partial charge < -0.3 is 0 Å². The van der Waals surface area contributed by atoms with E-state index in [-0.39, 0.29) is 11.5 Å². The van der Waals surface area contributed by atoms with Crippen molar-refractivity contribution >= 4 is 6.29 Å². The summed E-state index contributed by atoms with van der Waals surface area (Å²) in [4.78, 5) is 11.0. The maximum absolute atomic E-state index is 13.3. The molecule has 0 radical (unpaired) electrons. The van der Waals surface area contributed by atoms with Gasteiger partial charge >= 0.3 is 0 Å². The second-order valence-corrected chi connectivity index (χ2v) is 4.86. The second kappa shape index (κ2) is 5.73. The standard InChI is InChI=1S/C14H16FN3O/c1-10(2)6-7-18-14(13(9-19)16-17-18)11-4-3-5-12(15)8-11/h3-5,8-10H,6-7H2,1-2H3. The summed E-state index contributed by atoms with van der Waals surface area (Å²) in [5.41, 5.74) is 1.44. The highest BCUT2D eigenvalue weighted by atomic mass is 19.1. The summed E-state index contributed by atoms with van der Waals surface area (Å²) in [6.45, 7) is 4.88. The van der Waals surface area contributed by atoms with Gasteiger partial charge in [0, 0.05) is 12.1 Å². The van der Waals surface area contributed by atoms with Crippen LogP contribution in [-0.2, 0) is 6.54 Å². The number of aryl methyl sites for hydroxylation is 1. The van der Waals surface area contributed by atoms with Crippen molar-refractivity contribution in [1.29, 1.82) is 0 Å². The van der Waals surface area contributed by atoms with Crippen LogP contribution in [0, 0.1) is 11.7 Å². The van der Waals surface area contributed by atoms with Crippen molar-refractivity contribution in [3.8, 4) is 11.3 Å². The van der Waals surface area contributed by atoms with Crippen LogP contribution in [0.5, 0.6) is 0 Å². The molecule has 0 unspecified atom stereocenters. The lowest BCUT2D eigenvalue weighted by Crippen LogP contribution is -2.05. The third kappa shape index (κ3) is 3.05. The quantitative estimate of drug-likeness (QED) is 0.777. The van der Waals surface area contributed by atoms with E-state index < -0.39 is 0 Å². The summed E-state index contributed by atoms with van der Waals surface area (Å²) in [6, 6.07) is 6.11. The zero-order chi connectivity index (χ0) is 13.8. The van der Waals surface area contributed by atoms with Crippen LogP contribution in [0.3, 0.4) is 0 Å². The highest BCUT2D eigenvalue weighted by molar-refractivity contribution is 5.83. The fourth-order valence-corrected chi connectivity index (χ4v) is 1.88. The van der Waals surface area contributed by atoms with E-state index in [9.17, 15) is 9.18 Å². The lowest BCUT2D eigenvalue weighted by Gasteiger charge is -2.08. The van der Waals surface area contributed by atoms with Crippen molar-refractivity contribution < 1.29 is 9.18 Å². The highest BCUT2D eigenvalue weighted by Crippen LogP contribution is 2.22. The Balaban J connectivity index is 2.41. The summed E-state index contributed by atoms with van der Waals surface area (Å²) >= 11 is 0. The number of halogens is 1. The van der Waals surface area contributed by atoms with E-state index in [1.54, 1.807) is 16.8 Å². The molecule has 0 aliphatic heterocycles. The molecule has 4 nitrogen and oxygen atoms in total. The monoisotopic (exact) mass is 261 g/mol. The minimum atomic E-state index is -0.342. The molecule has 0 atom stereocenters. The predicted octanol–water partition coefficient (Wildman–Crippen LogP) is 2.94. The van der Waals surface area contributed by atoms with Crippen molar-refractivity contribution in [2.45, 2.75) is 26.8 Å². The van der Waals surface area contributed by atoms with Gasteiger partial charge in [-0.2, -0.15) is 0 Å².